The van der Waals surface area contributed by atoms with E-state index in [4.69, 9.17) is 16.3 Å². The second-order valence-electron chi connectivity index (χ2n) is 6.80. The molecule has 0 saturated heterocycles. The molecule has 0 N–H and O–H groups in total. The molecule has 0 unspecified atom stereocenters. The SMILES string of the molecule is Bc1ncc(Cl)cc1N(COC)S(=O)(=O)c1ccc(C(C)(C)C)cc1. The summed E-state index contributed by atoms with van der Waals surface area (Å²) >= 11 is 6.00. The number of sulfonamides is 1. The Kier molecular flexibility index (Phi) is 5.81. The topological polar surface area (TPSA) is 59.5 Å². The smallest absolute Gasteiger partial charge is 0.266 e. The molecular formula is C17H22BClN2O3S. The first kappa shape index (κ1) is 19.8. The zero-order valence-electron chi connectivity index (χ0n) is 15.1. The Labute approximate surface area is 155 Å². The van der Waals surface area contributed by atoms with Gasteiger partial charge in [0.05, 0.1) is 15.6 Å². The van der Waals surface area contributed by atoms with Gasteiger partial charge < -0.3 is 4.74 Å². The number of rotatable bonds is 5. The van der Waals surface area contributed by atoms with Crippen molar-refractivity contribution in [2.45, 2.75) is 31.1 Å². The van der Waals surface area contributed by atoms with Crippen LogP contribution in [0.1, 0.15) is 26.3 Å². The van der Waals surface area contributed by atoms with Gasteiger partial charge in [-0.1, -0.05) is 44.5 Å². The Morgan fingerprint density at radius 1 is 1.24 bits per heavy atom. The van der Waals surface area contributed by atoms with Gasteiger partial charge in [0.1, 0.15) is 6.73 Å². The number of halogens is 1. The summed E-state index contributed by atoms with van der Waals surface area (Å²) in [6.07, 6.45) is 1.48. The van der Waals surface area contributed by atoms with Crippen LogP contribution in [0, 0.1) is 0 Å². The Morgan fingerprint density at radius 3 is 2.36 bits per heavy atom. The molecule has 0 aliphatic rings. The van der Waals surface area contributed by atoms with Crippen LogP contribution in [-0.2, 0) is 20.2 Å². The van der Waals surface area contributed by atoms with Gasteiger partial charge in [-0.2, -0.15) is 0 Å². The molecule has 2 rings (SSSR count). The molecule has 0 fully saturated rings. The lowest BCUT2D eigenvalue weighted by Crippen LogP contribution is -2.36. The maximum Gasteiger partial charge on any atom is 0.266 e. The summed E-state index contributed by atoms with van der Waals surface area (Å²) in [5.41, 5.74) is 1.96. The Bertz CT molecular complexity index is 849. The highest BCUT2D eigenvalue weighted by Crippen LogP contribution is 2.27. The van der Waals surface area contributed by atoms with Crippen LogP contribution in [0.2, 0.25) is 5.02 Å². The Hall–Kier alpha value is -1.57. The molecule has 0 spiro atoms. The van der Waals surface area contributed by atoms with Crippen LogP contribution < -0.4 is 9.90 Å². The summed E-state index contributed by atoms with van der Waals surface area (Å²) in [6, 6.07) is 8.48. The van der Waals surface area contributed by atoms with Crippen molar-refractivity contribution >= 4 is 40.8 Å². The quantitative estimate of drug-likeness (QED) is 0.589. The minimum atomic E-state index is -3.81. The maximum absolute atomic E-state index is 13.1. The van der Waals surface area contributed by atoms with E-state index in [9.17, 15) is 8.42 Å². The molecule has 134 valence electrons. The van der Waals surface area contributed by atoms with E-state index in [0.29, 0.717) is 16.3 Å². The van der Waals surface area contributed by atoms with Crippen LogP contribution in [-0.4, -0.2) is 35.1 Å². The van der Waals surface area contributed by atoms with Gasteiger partial charge >= 0.3 is 0 Å². The molecule has 0 bridgehead atoms. The minimum absolute atomic E-state index is 0.0536. The summed E-state index contributed by atoms with van der Waals surface area (Å²) < 4.78 is 32.5. The Balaban J connectivity index is 2.51. The summed E-state index contributed by atoms with van der Waals surface area (Å²) in [5, 5.41) is 0.361. The number of methoxy groups -OCH3 is 1. The van der Waals surface area contributed by atoms with E-state index in [-0.39, 0.29) is 17.0 Å². The zero-order chi connectivity index (χ0) is 18.8. The van der Waals surface area contributed by atoms with Gasteiger partial charge in [0.15, 0.2) is 7.85 Å². The van der Waals surface area contributed by atoms with Gasteiger partial charge in [-0.05, 0) is 29.2 Å². The van der Waals surface area contributed by atoms with Crippen molar-refractivity contribution in [1.29, 1.82) is 0 Å². The van der Waals surface area contributed by atoms with Gasteiger partial charge in [0, 0.05) is 18.9 Å². The van der Waals surface area contributed by atoms with E-state index in [2.05, 4.69) is 25.8 Å². The lowest BCUT2D eigenvalue weighted by Gasteiger charge is -2.25. The highest BCUT2D eigenvalue weighted by atomic mass is 35.5. The van der Waals surface area contributed by atoms with E-state index in [1.807, 2.05) is 12.1 Å². The molecule has 5 nitrogen and oxygen atoms in total. The van der Waals surface area contributed by atoms with Gasteiger partial charge in [0.25, 0.3) is 10.0 Å². The normalized spacial score (nSPS) is 12.2. The summed E-state index contributed by atoms with van der Waals surface area (Å²) in [4.78, 5) is 4.33. The van der Waals surface area contributed by atoms with E-state index in [1.54, 1.807) is 26.0 Å². The predicted molar refractivity (Wildman–Crippen MR) is 104 cm³/mol. The molecule has 2 aromatic rings. The van der Waals surface area contributed by atoms with Crippen LogP contribution in [0.4, 0.5) is 5.69 Å². The number of pyridine rings is 1. The highest BCUT2D eigenvalue weighted by molar-refractivity contribution is 7.92. The number of aromatic nitrogens is 1. The minimum Gasteiger partial charge on any atom is -0.363 e. The predicted octanol–water partition coefficient (Wildman–Crippen LogP) is 2.09. The number of benzene rings is 1. The van der Waals surface area contributed by atoms with Crippen LogP contribution in [0.25, 0.3) is 0 Å². The first-order valence-electron chi connectivity index (χ1n) is 7.81. The molecule has 0 saturated carbocycles. The monoisotopic (exact) mass is 380 g/mol. The highest BCUT2D eigenvalue weighted by Gasteiger charge is 2.27. The van der Waals surface area contributed by atoms with Gasteiger partial charge in [0.2, 0.25) is 0 Å². The van der Waals surface area contributed by atoms with Crippen molar-refractivity contribution < 1.29 is 13.2 Å². The fraction of sp³-hybridized carbons (Fsp3) is 0.353. The molecule has 8 heteroatoms. The molecule has 1 heterocycles. The third kappa shape index (κ3) is 4.34. The first-order chi connectivity index (χ1) is 11.6. The molecule has 0 radical (unpaired) electrons. The molecule has 0 atom stereocenters. The number of nitrogens with zero attached hydrogens (tertiary/aromatic N) is 2. The fourth-order valence-corrected chi connectivity index (χ4v) is 3.96. The van der Waals surface area contributed by atoms with E-state index in [1.165, 1.54) is 17.6 Å². The zero-order valence-corrected chi connectivity index (χ0v) is 16.6. The molecule has 0 aliphatic heterocycles. The summed E-state index contributed by atoms with van der Waals surface area (Å²) in [5.74, 6) is 0. The molecule has 1 aromatic heterocycles. The van der Waals surface area contributed by atoms with Crippen LogP contribution in [0.5, 0.6) is 0 Å². The van der Waals surface area contributed by atoms with Crippen LogP contribution in [0.15, 0.2) is 41.4 Å². The van der Waals surface area contributed by atoms with Gasteiger partial charge in [-0.25, -0.2) is 12.7 Å². The van der Waals surface area contributed by atoms with E-state index >= 15 is 0 Å². The van der Waals surface area contributed by atoms with Crippen molar-refractivity contribution in [3.05, 3.63) is 47.1 Å². The Morgan fingerprint density at radius 2 is 1.84 bits per heavy atom. The van der Waals surface area contributed by atoms with E-state index < -0.39 is 10.0 Å². The largest absolute Gasteiger partial charge is 0.363 e. The average Bonchev–Trinajstić information content (AvgIpc) is 2.54. The fourth-order valence-electron chi connectivity index (χ4n) is 2.39. The summed E-state index contributed by atoms with van der Waals surface area (Å²) in [6.45, 7) is 6.10. The lowest BCUT2D eigenvalue weighted by atomic mass is 9.87. The summed E-state index contributed by atoms with van der Waals surface area (Å²) in [7, 11) is -0.636. The van der Waals surface area contributed by atoms with Crippen molar-refractivity contribution in [2.75, 3.05) is 18.1 Å². The molecule has 1 aromatic carbocycles. The van der Waals surface area contributed by atoms with Crippen LogP contribution >= 0.6 is 11.6 Å². The van der Waals surface area contributed by atoms with Crippen molar-refractivity contribution in [2.24, 2.45) is 0 Å². The van der Waals surface area contributed by atoms with Crippen LogP contribution in [0.3, 0.4) is 0 Å². The lowest BCUT2D eigenvalue weighted by molar-refractivity contribution is 0.210. The van der Waals surface area contributed by atoms with Gasteiger partial charge in [-0.15, -0.1) is 0 Å². The van der Waals surface area contributed by atoms with Gasteiger partial charge in [-0.3, -0.25) is 4.98 Å². The third-order valence-electron chi connectivity index (χ3n) is 3.85. The molecule has 0 amide bonds. The van der Waals surface area contributed by atoms with E-state index in [0.717, 1.165) is 5.56 Å². The van der Waals surface area contributed by atoms with Crippen molar-refractivity contribution in [1.82, 2.24) is 4.98 Å². The number of ether oxygens (including phenoxy) is 1. The molecular weight excluding hydrogens is 359 g/mol. The molecule has 0 aliphatic carbocycles. The number of hydrogen-bond acceptors (Lipinski definition) is 4. The van der Waals surface area contributed by atoms with Crippen molar-refractivity contribution in [3.8, 4) is 0 Å². The second-order valence-corrected chi connectivity index (χ2v) is 9.10. The second kappa shape index (κ2) is 7.36. The third-order valence-corrected chi connectivity index (χ3v) is 5.81. The standard InChI is InChI=1S/C17H22BClN2O3S/c1-17(2,3)12-5-7-14(8-6-12)25(22,23)21(11-24-4)15-9-13(19)10-20-16(15)18/h5-10H,11,18H2,1-4H3. The number of anilines is 1. The average molecular weight is 381 g/mol. The van der Waals surface area contributed by atoms with Crippen molar-refractivity contribution in [3.63, 3.8) is 0 Å². The first-order valence-corrected chi connectivity index (χ1v) is 9.63. The molecule has 25 heavy (non-hydrogen) atoms. The number of hydrogen-bond donors (Lipinski definition) is 0. The maximum atomic E-state index is 13.1.